The minimum atomic E-state index is 0. The lowest BCUT2D eigenvalue weighted by Crippen LogP contribution is -3.00. The van der Waals surface area contributed by atoms with Crippen molar-refractivity contribution < 1.29 is 28.5 Å². The van der Waals surface area contributed by atoms with E-state index in [0.717, 1.165) is 0 Å². The van der Waals surface area contributed by atoms with E-state index in [9.17, 15) is 0 Å². The fourth-order valence-electron chi connectivity index (χ4n) is 0.670. The molecule has 0 radical (unpaired) electrons. The second-order valence-corrected chi connectivity index (χ2v) is 2.87. The van der Waals surface area contributed by atoms with Gasteiger partial charge in [-0.15, -0.1) is 0 Å². The first kappa shape index (κ1) is 10.1. The highest BCUT2D eigenvalue weighted by Crippen LogP contribution is 2.10. The molecule has 3 heteroatoms. The van der Waals surface area contributed by atoms with E-state index in [1.54, 1.807) is 11.3 Å². The first-order chi connectivity index (χ1) is 4.25. The van der Waals surface area contributed by atoms with Gasteiger partial charge in [-0.3, -0.25) is 0 Å². The van der Waals surface area contributed by atoms with Crippen LogP contribution in [0.25, 0.3) is 6.08 Å². The van der Waals surface area contributed by atoms with Crippen molar-refractivity contribution in [2.75, 3.05) is 0 Å². The molecule has 0 aliphatic carbocycles. The van der Waals surface area contributed by atoms with Gasteiger partial charge in [0.2, 0.25) is 5.51 Å². The Labute approximate surface area is 82.4 Å². The third kappa shape index (κ3) is 1.79. The number of aromatic nitrogens is 1. The van der Waals surface area contributed by atoms with Crippen molar-refractivity contribution >= 4 is 17.4 Å². The van der Waals surface area contributed by atoms with Crippen LogP contribution in [0.5, 0.6) is 0 Å². The van der Waals surface area contributed by atoms with Gasteiger partial charge in [-0.05, 0) is 6.08 Å². The smallest absolute Gasteiger partial charge is 0.225 e. The summed E-state index contributed by atoms with van der Waals surface area (Å²) in [6.45, 7) is 5.79. The molecule has 1 heterocycles. The molecule has 0 atom stereocenters. The summed E-state index contributed by atoms with van der Waals surface area (Å²) in [5.74, 6) is 0. The lowest BCUT2D eigenvalue weighted by atomic mass is 10.4. The van der Waals surface area contributed by atoms with Crippen LogP contribution >= 0.6 is 11.3 Å². The van der Waals surface area contributed by atoms with Gasteiger partial charge in [0.15, 0.2) is 5.69 Å². The van der Waals surface area contributed by atoms with Crippen LogP contribution in [0.2, 0.25) is 0 Å². The standard InChI is InChI=1S/C7H10NS.HI/c1-4-7-6(2)8(3)5-9-7;/h4-5H,1H2,2-3H3;1H/q+1;/p-1. The number of nitrogens with zero attached hydrogens (tertiary/aromatic N) is 1. The molecule has 0 fully saturated rings. The summed E-state index contributed by atoms with van der Waals surface area (Å²) in [7, 11) is 2.04. The molecule has 1 nitrogen and oxygen atoms in total. The zero-order valence-corrected chi connectivity index (χ0v) is 9.07. The predicted octanol–water partition coefficient (Wildman–Crippen LogP) is -1.47. The molecule has 1 aromatic heterocycles. The molecule has 0 aliphatic rings. The average molecular weight is 267 g/mol. The van der Waals surface area contributed by atoms with E-state index < -0.39 is 0 Å². The van der Waals surface area contributed by atoms with Crippen molar-refractivity contribution in [3.8, 4) is 0 Å². The van der Waals surface area contributed by atoms with Crippen LogP contribution < -0.4 is 28.5 Å². The van der Waals surface area contributed by atoms with Crippen LogP contribution in [0, 0.1) is 6.92 Å². The van der Waals surface area contributed by atoms with Gasteiger partial charge in [-0.25, -0.2) is 0 Å². The zero-order valence-electron chi connectivity index (χ0n) is 6.10. The zero-order chi connectivity index (χ0) is 6.85. The van der Waals surface area contributed by atoms with Crippen LogP contribution in [-0.4, -0.2) is 0 Å². The first-order valence-electron chi connectivity index (χ1n) is 2.82. The van der Waals surface area contributed by atoms with E-state index in [2.05, 4.69) is 23.6 Å². The summed E-state index contributed by atoms with van der Waals surface area (Å²) < 4.78 is 2.10. The number of thiazole rings is 1. The topological polar surface area (TPSA) is 3.88 Å². The summed E-state index contributed by atoms with van der Waals surface area (Å²) in [6, 6.07) is 0. The third-order valence-corrected chi connectivity index (χ3v) is 2.55. The van der Waals surface area contributed by atoms with E-state index in [4.69, 9.17) is 0 Å². The fourth-order valence-corrected chi connectivity index (χ4v) is 1.51. The highest BCUT2D eigenvalue weighted by atomic mass is 127. The fraction of sp³-hybridized carbons (Fsp3) is 0.286. The van der Waals surface area contributed by atoms with Crippen LogP contribution in [0.15, 0.2) is 12.1 Å². The van der Waals surface area contributed by atoms with Gasteiger partial charge in [-0.1, -0.05) is 17.9 Å². The number of aryl methyl sites for hydroxylation is 1. The molecule has 0 N–H and O–H groups in total. The summed E-state index contributed by atoms with van der Waals surface area (Å²) in [4.78, 5) is 1.26. The van der Waals surface area contributed by atoms with Crippen LogP contribution in [0.3, 0.4) is 0 Å². The Balaban J connectivity index is 0.000000810. The molecule has 0 amide bonds. The maximum atomic E-state index is 3.70. The van der Waals surface area contributed by atoms with Crippen molar-refractivity contribution in [2.45, 2.75) is 6.92 Å². The maximum Gasteiger partial charge on any atom is 0.225 e. The molecule has 0 unspecified atom stereocenters. The van der Waals surface area contributed by atoms with Gasteiger partial charge in [0.05, 0.1) is 4.88 Å². The molecule has 0 saturated heterocycles. The van der Waals surface area contributed by atoms with Gasteiger partial charge in [-0.2, -0.15) is 4.57 Å². The highest BCUT2D eigenvalue weighted by Gasteiger charge is 2.06. The molecule has 1 rings (SSSR count). The van der Waals surface area contributed by atoms with E-state index in [-0.39, 0.29) is 24.0 Å². The van der Waals surface area contributed by atoms with Crippen LogP contribution in [-0.2, 0) is 7.05 Å². The summed E-state index contributed by atoms with van der Waals surface area (Å²) in [6.07, 6.45) is 1.89. The Morgan fingerprint density at radius 3 is 2.50 bits per heavy atom. The average Bonchev–Trinajstić information content (AvgIpc) is 2.15. The molecular weight excluding hydrogens is 257 g/mol. The monoisotopic (exact) mass is 267 g/mol. The van der Waals surface area contributed by atoms with E-state index in [1.165, 1.54) is 10.6 Å². The molecule has 1 aromatic rings. The van der Waals surface area contributed by atoms with E-state index in [1.807, 2.05) is 13.1 Å². The first-order valence-corrected chi connectivity index (χ1v) is 3.70. The summed E-state index contributed by atoms with van der Waals surface area (Å²) in [5.41, 5.74) is 3.36. The largest absolute Gasteiger partial charge is 1.00 e. The van der Waals surface area contributed by atoms with Crippen molar-refractivity contribution in [1.29, 1.82) is 0 Å². The molecule has 10 heavy (non-hydrogen) atoms. The quantitative estimate of drug-likeness (QED) is 0.432. The predicted molar refractivity (Wildman–Crippen MR) is 40.3 cm³/mol. The Kier molecular flexibility index (Phi) is 4.12. The second-order valence-electron chi connectivity index (χ2n) is 1.99. The third-order valence-electron chi connectivity index (χ3n) is 1.41. The summed E-state index contributed by atoms with van der Waals surface area (Å²) >= 11 is 1.72. The molecule has 0 saturated carbocycles. The number of rotatable bonds is 1. The van der Waals surface area contributed by atoms with Gasteiger partial charge >= 0.3 is 0 Å². The van der Waals surface area contributed by atoms with Crippen LogP contribution in [0.4, 0.5) is 0 Å². The maximum absolute atomic E-state index is 3.70. The number of hydrogen-bond acceptors (Lipinski definition) is 1. The number of hydrogen-bond donors (Lipinski definition) is 0. The molecular formula is C7H10INS. The Morgan fingerprint density at radius 1 is 1.70 bits per heavy atom. The Bertz CT molecular complexity index is 230. The van der Waals surface area contributed by atoms with Gasteiger partial charge < -0.3 is 24.0 Å². The molecule has 0 bridgehead atoms. The lowest BCUT2D eigenvalue weighted by Gasteiger charge is -1.81. The van der Waals surface area contributed by atoms with Crippen molar-refractivity contribution in [2.24, 2.45) is 7.05 Å². The van der Waals surface area contributed by atoms with E-state index in [0.29, 0.717) is 0 Å². The minimum Gasteiger partial charge on any atom is -1.00 e. The molecule has 56 valence electrons. The highest BCUT2D eigenvalue weighted by molar-refractivity contribution is 7.10. The lowest BCUT2D eigenvalue weighted by molar-refractivity contribution is -0.672. The van der Waals surface area contributed by atoms with Crippen molar-refractivity contribution in [3.05, 3.63) is 22.7 Å². The molecule has 0 aromatic carbocycles. The molecule has 0 aliphatic heterocycles. The second kappa shape index (κ2) is 4.08. The van der Waals surface area contributed by atoms with Gasteiger partial charge in [0.25, 0.3) is 0 Å². The molecule has 0 spiro atoms. The Hall–Kier alpha value is 0.100. The van der Waals surface area contributed by atoms with Gasteiger partial charge in [0, 0.05) is 6.92 Å². The normalized spacial score (nSPS) is 8.60. The number of halogens is 1. The van der Waals surface area contributed by atoms with E-state index >= 15 is 0 Å². The van der Waals surface area contributed by atoms with Crippen molar-refractivity contribution in [1.82, 2.24) is 0 Å². The minimum absolute atomic E-state index is 0. The summed E-state index contributed by atoms with van der Waals surface area (Å²) in [5, 5.41) is 0. The van der Waals surface area contributed by atoms with Gasteiger partial charge in [0.1, 0.15) is 7.05 Å². The Morgan fingerprint density at radius 2 is 2.30 bits per heavy atom. The van der Waals surface area contributed by atoms with Crippen LogP contribution in [0.1, 0.15) is 10.6 Å². The van der Waals surface area contributed by atoms with Crippen molar-refractivity contribution in [3.63, 3.8) is 0 Å². The SMILES string of the molecule is C=Cc1sc[n+](C)c1C.[I-].